The number of benzene rings is 2. The molecule has 0 N–H and O–H groups in total. The minimum Gasteiger partial charge on any atom is -0.348 e. The molecule has 0 bridgehead atoms. The van der Waals surface area contributed by atoms with Crippen LogP contribution in [0.25, 0.3) is 0 Å². The second-order valence-electron chi connectivity index (χ2n) is 7.74. The molecule has 0 atom stereocenters. The highest BCUT2D eigenvalue weighted by Crippen LogP contribution is 2.30. The van der Waals surface area contributed by atoms with Gasteiger partial charge in [0.25, 0.3) is 0 Å². The van der Waals surface area contributed by atoms with Crippen LogP contribution in [-0.2, 0) is 13.1 Å². The summed E-state index contributed by atoms with van der Waals surface area (Å²) in [6.45, 7) is 18.1. The molecule has 0 aliphatic heterocycles. The first-order valence-electron chi connectivity index (χ1n) is 11.4. The van der Waals surface area contributed by atoms with Gasteiger partial charge in [-0.2, -0.15) is 0 Å². The van der Waals surface area contributed by atoms with E-state index in [1.165, 1.54) is 32.7 Å². The van der Waals surface area contributed by atoms with Gasteiger partial charge in [-0.05, 0) is 43.9 Å². The highest BCUT2D eigenvalue weighted by atomic mass is 33.1. The molecule has 0 aliphatic rings. The molecule has 0 amide bonds. The molecule has 0 fully saturated rings. The van der Waals surface area contributed by atoms with Crippen LogP contribution in [0.4, 0.5) is 0 Å². The monoisotopic (exact) mass is 548 g/mol. The fourth-order valence-corrected chi connectivity index (χ4v) is 5.81. The summed E-state index contributed by atoms with van der Waals surface area (Å²) in [6, 6.07) is 20.7. The van der Waals surface area contributed by atoms with Gasteiger partial charge in [0, 0.05) is 26.2 Å². The zero-order chi connectivity index (χ0) is 26.2. The molecule has 0 heterocycles. The Bertz CT molecular complexity index is 1030. The molecule has 2 nitrogen and oxygen atoms in total. The van der Waals surface area contributed by atoms with Crippen LogP contribution in [0.5, 0.6) is 0 Å². The molecule has 36 heavy (non-hydrogen) atoms. The van der Waals surface area contributed by atoms with Gasteiger partial charge in [-0.25, -0.2) is 0 Å². The summed E-state index contributed by atoms with van der Waals surface area (Å²) in [5.74, 6) is 0. The largest absolute Gasteiger partial charge is 0.348 e. The molecule has 0 spiro atoms. The predicted octanol–water partition coefficient (Wildman–Crippen LogP) is 8.54. The Morgan fingerprint density at radius 2 is 1.03 bits per heavy atom. The molecule has 0 saturated heterocycles. The number of rotatable bonds is 12. The molecular formula is C30H32N2S4. The number of allylic oxidation sites excluding steroid dienone is 4. The minimum atomic E-state index is 0.606. The smallest absolute Gasteiger partial charge is 0.148 e. The van der Waals surface area contributed by atoms with Crippen LogP contribution in [0.15, 0.2) is 135 Å². The second-order valence-corrected chi connectivity index (χ2v) is 11.1. The molecule has 186 valence electrons. The number of hydrogen-bond acceptors (Lipinski definition) is 4. The summed E-state index contributed by atoms with van der Waals surface area (Å²) in [5.41, 5.74) is 4.47. The standard InChI is InChI=1S/C30H32N2S4/c1-5-15-25(7-3)21-31(22-26(8-4)16-6-2)29(33)35-36-30(34)32(23-27-17-11-9-12-18-27)24-28-19-13-10-14-20-28/h5-20H,1-4,21-24H2/b25-15+,26-16+. The van der Waals surface area contributed by atoms with Crippen molar-refractivity contribution in [2.24, 2.45) is 0 Å². The van der Waals surface area contributed by atoms with Gasteiger partial charge in [0.15, 0.2) is 0 Å². The Morgan fingerprint density at radius 3 is 1.39 bits per heavy atom. The van der Waals surface area contributed by atoms with Gasteiger partial charge < -0.3 is 9.80 Å². The van der Waals surface area contributed by atoms with Crippen LogP contribution in [0, 0.1) is 0 Å². The highest BCUT2D eigenvalue weighted by Gasteiger charge is 2.17. The number of nitrogens with zero attached hydrogens (tertiary/aromatic N) is 2. The maximum absolute atomic E-state index is 5.89. The van der Waals surface area contributed by atoms with Crippen LogP contribution in [0.3, 0.4) is 0 Å². The summed E-state index contributed by atoms with van der Waals surface area (Å²) in [5, 5.41) is 0. The minimum absolute atomic E-state index is 0.606. The average molecular weight is 549 g/mol. The van der Waals surface area contributed by atoms with Crippen molar-refractivity contribution in [2.45, 2.75) is 13.1 Å². The van der Waals surface area contributed by atoms with Crippen molar-refractivity contribution in [3.8, 4) is 0 Å². The third-order valence-corrected chi connectivity index (χ3v) is 8.80. The Morgan fingerprint density at radius 1 is 0.639 bits per heavy atom. The molecule has 0 aliphatic carbocycles. The zero-order valence-corrected chi connectivity index (χ0v) is 23.7. The molecule has 6 heteroatoms. The van der Waals surface area contributed by atoms with Crippen molar-refractivity contribution >= 4 is 54.7 Å². The lowest BCUT2D eigenvalue weighted by Gasteiger charge is -2.28. The van der Waals surface area contributed by atoms with Crippen LogP contribution in [0.1, 0.15) is 11.1 Å². The van der Waals surface area contributed by atoms with Gasteiger partial charge in [0.1, 0.15) is 8.64 Å². The van der Waals surface area contributed by atoms with E-state index in [1.807, 2.05) is 36.4 Å². The molecule has 2 aromatic rings. The van der Waals surface area contributed by atoms with Crippen LogP contribution < -0.4 is 0 Å². The lowest BCUT2D eigenvalue weighted by Crippen LogP contribution is -2.31. The quantitative estimate of drug-likeness (QED) is 0.148. The molecular weight excluding hydrogens is 517 g/mol. The Labute approximate surface area is 235 Å². The summed E-state index contributed by atoms with van der Waals surface area (Å²) >= 11 is 11.7. The third kappa shape index (κ3) is 10.5. The lowest BCUT2D eigenvalue weighted by molar-refractivity contribution is 0.421. The van der Waals surface area contributed by atoms with Gasteiger partial charge in [0.2, 0.25) is 0 Å². The fourth-order valence-electron chi connectivity index (χ4n) is 3.27. The van der Waals surface area contributed by atoms with Gasteiger partial charge in [-0.1, -0.05) is 148 Å². The van der Waals surface area contributed by atoms with E-state index in [0.29, 0.717) is 13.1 Å². The summed E-state index contributed by atoms with van der Waals surface area (Å²) in [6.07, 6.45) is 11.1. The highest BCUT2D eigenvalue weighted by molar-refractivity contribution is 8.89. The van der Waals surface area contributed by atoms with Crippen molar-refractivity contribution in [2.75, 3.05) is 13.1 Å². The maximum Gasteiger partial charge on any atom is 0.148 e. The summed E-state index contributed by atoms with van der Waals surface area (Å²) in [7, 11) is 3.02. The van der Waals surface area contributed by atoms with E-state index in [0.717, 1.165) is 32.9 Å². The van der Waals surface area contributed by atoms with E-state index >= 15 is 0 Å². The first-order chi connectivity index (χ1) is 17.5. The van der Waals surface area contributed by atoms with Gasteiger partial charge in [-0.3, -0.25) is 0 Å². The van der Waals surface area contributed by atoms with Crippen molar-refractivity contribution in [1.29, 1.82) is 0 Å². The van der Waals surface area contributed by atoms with Crippen LogP contribution in [-0.4, -0.2) is 31.5 Å². The number of thiocarbonyl (C=S) groups is 2. The normalized spacial score (nSPS) is 11.3. The van der Waals surface area contributed by atoms with Crippen molar-refractivity contribution in [1.82, 2.24) is 9.80 Å². The first kappa shape index (κ1) is 29.6. The van der Waals surface area contributed by atoms with E-state index in [4.69, 9.17) is 24.4 Å². The number of hydrogen-bond donors (Lipinski definition) is 0. The van der Waals surface area contributed by atoms with Crippen LogP contribution >= 0.6 is 46.0 Å². The van der Waals surface area contributed by atoms with E-state index < -0.39 is 0 Å². The fraction of sp³-hybridized carbons (Fsp3) is 0.133. The van der Waals surface area contributed by atoms with E-state index in [1.54, 1.807) is 12.2 Å². The Balaban J connectivity index is 2.16. The van der Waals surface area contributed by atoms with E-state index in [9.17, 15) is 0 Å². The molecule has 2 aromatic carbocycles. The SMILES string of the molecule is C=C/C=C(\C=C)CN(C/C(C=C)=C/C=C)C(=S)SSC(=S)N(Cc1ccccc1)Cc1ccccc1. The Hall–Kier alpha value is -2.64. The van der Waals surface area contributed by atoms with Gasteiger partial charge >= 0.3 is 0 Å². The first-order valence-corrected chi connectivity index (χ1v) is 14.4. The van der Waals surface area contributed by atoms with Crippen molar-refractivity contribution in [3.05, 3.63) is 146 Å². The average Bonchev–Trinajstić information content (AvgIpc) is 2.91. The zero-order valence-electron chi connectivity index (χ0n) is 20.4. The Kier molecular flexibility index (Phi) is 13.9. The molecule has 0 aromatic heterocycles. The summed E-state index contributed by atoms with van der Waals surface area (Å²) < 4.78 is 1.52. The molecule has 0 saturated carbocycles. The third-order valence-electron chi connectivity index (χ3n) is 5.07. The summed E-state index contributed by atoms with van der Waals surface area (Å²) in [4.78, 5) is 4.33. The topological polar surface area (TPSA) is 6.48 Å². The second kappa shape index (κ2) is 16.9. The van der Waals surface area contributed by atoms with Gasteiger partial charge in [-0.15, -0.1) is 0 Å². The van der Waals surface area contributed by atoms with Crippen molar-refractivity contribution in [3.63, 3.8) is 0 Å². The molecule has 0 radical (unpaired) electrons. The van der Waals surface area contributed by atoms with Crippen LogP contribution in [0.2, 0.25) is 0 Å². The molecule has 2 rings (SSSR count). The van der Waals surface area contributed by atoms with Crippen molar-refractivity contribution < 1.29 is 0 Å². The van der Waals surface area contributed by atoms with E-state index in [2.05, 4.69) is 84.6 Å². The van der Waals surface area contributed by atoms with E-state index in [-0.39, 0.29) is 0 Å². The van der Waals surface area contributed by atoms with Gasteiger partial charge in [0.05, 0.1) is 0 Å². The maximum atomic E-state index is 5.89. The lowest BCUT2D eigenvalue weighted by atomic mass is 10.2. The molecule has 0 unspecified atom stereocenters. The predicted molar refractivity (Wildman–Crippen MR) is 171 cm³/mol.